The number of nitrogens with two attached hydrogens (primary N) is 1. The molecular weight excluding hydrogens is 288 g/mol. The third-order valence-corrected chi connectivity index (χ3v) is 3.88. The third-order valence-electron chi connectivity index (χ3n) is 2.41. The smallest absolute Gasteiger partial charge is 0.321 e. The molecule has 0 saturated heterocycles. The number of rotatable bonds is 7. The number of carboxylic acids is 2. The Kier molecular flexibility index (Phi) is 5.06. The van der Waals surface area contributed by atoms with Crippen LogP contribution in [0.3, 0.4) is 0 Å². The van der Waals surface area contributed by atoms with E-state index in [9.17, 15) is 18.0 Å². The van der Waals surface area contributed by atoms with E-state index in [0.29, 0.717) is 0 Å². The van der Waals surface area contributed by atoms with Gasteiger partial charge in [0.1, 0.15) is 6.04 Å². The van der Waals surface area contributed by atoms with Crippen LogP contribution < -0.4 is 10.5 Å². The molecule has 110 valence electrons. The highest BCUT2D eigenvalue weighted by atomic mass is 32.2. The summed E-state index contributed by atoms with van der Waals surface area (Å²) in [6.45, 7) is 0. The first-order chi connectivity index (χ1) is 9.22. The maximum Gasteiger partial charge on any atom is 0.321 e. The zero-order valence-electron chi connectivity index (χ0n) is 10.3. The quantitative estimate of drug-likeness (QED) is 0.513. The largest absolute Gasteiger partial charge is 0.481 e. The average Bonchev–Trinajstić information content (AvgIpc) is 2.34. The second-order valence-electron chi connectivity index (χ2n) is 4.02. The summed E-state index contributed by atoms with van der Waals surface area (Å²) in [6, 6.07) is 3.82. The molecule has 0 saturated carbocycles. The van der Waals surface area contributed by atoms with Crippen LogP contribution in [0.5, 0.6) is 0 Å². The minimum Gasteiger partial charge on any atom is -0.481 e. The summed E-state index contributed by atoms with van der Waals surface area (Å²) in [5.41, 5.74) is 5.67. The summed E-state index contributed by atoms with van der Waals surface area (Å²) in [5, 5.41) is 17.4. The standard InChI is InChI=1S/C11H14N2O6S/c12-7-2-1-3-8(6-7)20(18,19)13-9(11(16)17)4-5-10(14)15/h1-3,6,9,13H,4-5,12H2,(H,14,15)(H,16,17). The molecule has 1 atom stereocenters. The van der Waals surface area contributed by atoms with Crippen molar-refractivity contribution in [1.82, 2.24) is 4.72 Å². The van der Waals surface area contributed by atoms with E-state index in [0.717, 1.165) is 0 Å². The van der Waals surface area contributed by atoms with Crippen LogP contribution in [0.15, 0.2) is 29.2 Å². The molecule has 0 amide bonds. The molecule has 5 N–H and O–H groups in total. The number of carboxylic acid groups (broad SMARTS) is 2. The second-order valence-corrected chi connectivity index (χ2v) is 5.73. The van der Waals surface area contributed by atoms with Gasteiger partial charge in [-0.2, -0.15) is 4.72 Å². The molecule has 0 fully saturated rings. The number of nitrogens with one attached hydrogen (secondary N) is 1. The third kappa shape index (κ3) is 4.52. The molecule has 20 heavy (non-hydrogen) atoms. The van der Waals surface area contributed by atoms with E-state index in [1.807, 2.05) is 4.72 Å². The molecule has 0 bridgehead atoms. The number of hydrogen-bond acceptors (Lipinski definition) is 5. The number of anilines is 1. The molecule has 1 aromatic carbocycles. The number of aliphatic carboxylic acids is 2. The minimum absolute atomic E-state index is 0.181. The van der Waals surface area contributed by atoms with Gasteiger partial charge >= 0.3 is 11.9 Å². The molecule has 0 aromatic heterocycles. The summed E-state index contributed by atoms with van der Waals surface area (Å²) in [4.78, 5) is 21.2. The molecule has 9 heteroatoms. The molecule has 0 aliphatic rings. The van der Waals surface area contributed by atoms with Gasteiger partial charge in [0, 0.05) is 12.1 Å². The first kappa shape index (κ1) is 15.9. The summed E-state index contributed by atoms with van der Waals surface area (Å²) < 4.78 is 25.9. The molecule has 1 unspecified atom stereocenters. The first-order valence-electron chi connectivity index (χ1n) is 5.55. The van der Waals surface area contributed by atoms with Gasteiger partial charge in [0.05, 0.1) is 4.90 Å². The Bertz CT molecular complexity index is 613. The van der Waals surface area contributed by atoms with Gasteiger partial charge in [-0.25, -0.2) is 8.42 Å². The Morgan fingerprint density at radius 3 is 2.45 bits per heavy atom. The van der Waals surface area contributed by atoms with Gasteiger partial charge in [0.25, 0.3) is 0 Å². The fourth-order valence-corrected chi connectivity index (χ4v) is 2.72. The van der Waals surface area contributed by atoms with Crippen LogP contribution in [0.1, 0.15) is 12.8 Å². The van der Waals surface area contributed by atoms with Crippen molar-refractivity contribution in [3.8, 4) is 0 Å². The lowest BCUT2D eigenvalue weighted by Gasteiger charge is -2.14. The van der Waals surface area contributed by atoms with Crippen LogP contribution in [0, 0.1) is 0 Å². The number of sulfonamides is 1. The van der Waals surface area contributed by atoms with E-state index >= 15 is 0 Å². The Morgan fingerprint density at radius 2 is 1.95 bits per heavy atom. The van der Waals surface area contributed by atoms with Gasteiger partial charge in [-0.3, -0.25) is 9.59 Å². The molecule has 0 aliphatic carbocycles. The van der Waals surface area contributed by atoms with Crippen LogP contribution in [-0.2, 0) is 19.6 Å². The Labute approximate surface area is 115 Å². The van der Waals surface area contributed by atoms with Gasteiger partial charge in [0.2, 0.25) is 10.0 Å². The van der Waals surface area contributed by atoms with E-state index in [1.54, 1.807) is 0 Å². The van der Waals surface area contributed by atoms with E-state index in [1.165, 1.54) is 24.3 Å². The molecule has 0 heterocycles. The monoisotopic (exact) mass is 302 g/mol. The first-order valence-corrected chi connectivity index (χ1v) is 7.03. The molecule has 1 aromatic rings. The fourth-order valence-electron chi connectivity index (χ4n) is 1.44. The van der Waals surface area contributed by atoms with Crippen LogP contribution in [0.2, 0.25) is 0 Å². The van der Waals surface area contributed by atoms with Crippen LogP contribution in [-0.4, -0.2) is 36.6 Å². The maximum absolute atomic E-state index is 12.0. The molecular formula is C11H14N2O6S. The van der Waals surface area contributed by atoms with Gasteiger partial charge in [-0.05, 0) is 24.6 Å². The normalized spacial score (nSPS) is 12.8. The Balaban J connectivity index is 2.91. The van der Waals surface area contributed by atoms with E-state index in [4.69, 9.17) is 15.9 Å². The van der Waals surface area contributed by atoms with Crippen molar-refractivity contribution in [1.29, 1.82) is 0 Å². The predicted molar refractivity (Wildman–Crippen MR) is 69.5 cm³/mol. The van der Waals surface area contributed by atoms with Crippen molar-refractivity contribution in [3.63, 3.8) is 0 Å². The topological polar surface area (TPSA) is 147 Å². The highest BCUT2D eigenvalue weighted by molar-refractivity contribution is 7.89. The lowest BCUT2D eigenvalue weighted by molar-refractivity contribution is -0.140. The van der Waals surface area contributed by atoms with Crippen molar-refractivity contribution in [2.24, 2.45) is 0 Å². The number of nitrogen functional groups attached to an aromatic ring is 1. The summed E-state index contributed by atoms with van der Waals surface area (Å²) >= 11 is 0. The number of benzene rings is 1. The van der Waals surface area contributed by atoms with Crippen molar-refractivity contribution in [3.05, 3.63) is 24.3 Å². The lowest BCUT2D eigenvalue weighted by Crippen LogP contribution is -2.41. The summed E-state index contributed by atoms with van der Waals surface area (Å²) in [5.74, 6) is -2.65. The molecule has 0 radical (unpaired) electrons. The molecule has 0 spiro atoms. The number of carbonyl (C=O) groups is 2. The zero-order valence-corrected chi connectivity index (χ0v) is 11.1. The summed E-state index contributed by atoms with van der Waals surface area (Å²) in [7, 11) is -4.08. The van der Waals surface area contributed by atoms with Gasteiger partial charge in [-0.1, -0.05) is 6.07 Å². The van der Waals surface area contributed by atoms with Crippen molar-refractivity contribution >= 4 is 27.6 Å². The Morgan fingerprint density at radius 1 is 1.30 bits per heavy atom. The minimum atomic E-state index is -4.08. The SMILES string of the molecule is Nc1cccc(S(=O)(=O)NC(CCC(=O)O)C(=O)O)c1. The molecule has 0 aliphatic heterocycles. The van der Waals surface area contributed by atoms with Crippen molar-refractivity contribution in [2.45, 2.75) is 23.8 Å². The van der Waals surface area contributed by atoms with Gasteiger partial charge in [-0.15, -0.1) is 0 Å². The van der Waals surface area contributed by atoms with E-state index in [-0.39, 0.29) is 17.0 Å². The predicted octanol–water partition coefficient (Wildman–Crippen LogP) is -0.135. The lowest BCUT2D eigenvalue weighted by atomic mass is 10.2. The molecule has 8 nitrogen and oxygen atoms in total. The Hall–Kier alpha value is -2.13. The van der Waals surface area contributed by atoms with E-state index in [2.05, 4.69) is 0 Å². The highest BCUT2D eigenvalue weighted by Gasteiger charge is 2.25. The highest BCUT2D eigenvalue weighted by Crippen LogP contribution is 2.14. The zero-order chi connectivity index (χ0) is 15.3. The van der Waals surface area contributed by atoms with Gasteiger partial charge < -0.3 is 15.9 Å². The van der Waals surface area contributed by atoms with Crippen molar-refractivity contribution < 1.29 is 28.2 Å². The number of hydrogen-bond donors (Lipinski definition) is 4. The summed E-state index contributed by atoms with van der Waals surface area (Å²) in [6.07, 6.45) is -0.817. The maximum atomic E-state index is 12.0. The molecule has 1 rings (SSSR count). The van der Waals surface area contributed by atoms with Crippen LogP contribution >= 0.6 is 0 Å². The van der Waals surface area contributed by atoms with Crippen molar-refractivity contribution in [2.75, 3.05) is 5.73 Å². The average molecular weight is 302 g/mol. The fraction of sp³-hybridized carbons (Fsp3) is 0.273. The second kappa shape index (κ2) is 6.35. The van der Waals surface area contributed by atoms with Crippen LogP contribution in [0.25, 0.3) is 0 Å². The van der Waals surface area contributed by atoms with Gasteiger partial charge in [0.15, 0.2) is 0 Å². The van der Waals surface area contributed by atoms with Crippen LogP contribution in [0.4, 0.5) is 5.69 Å². The van der Waals surface area contributed by atoms with E-state index < -0.39 is 34.4 Å².